The van der Waals surface area contributed by atoms with Crippen molar-refractivity contribution in [3.8, 4) is 11.8 Å². The van der Waals surface area contributed by atoms with Gasteiger partial charge in [0.05, 0.1) is 24.2 Å². The molecule has 4 heteroatoms. The van der Waals surface area contributed by atoms with E-state index in [1.165, 1.54) is 0 Å². The summed E-state index contributed by atoms with van der Waals surface area (Å²) < 4.78 is 11.3. The Bertz CT molecular complexity index is 612. The summed E-state index contributed by atoms with van der Waals surface area (Å²) in [6, 6.07) is 9.59. The van der Waals surface area contributed by atoms with Crippen LogP contribution in [0.5, 0.6) is 0 Å². The van der Waals surface area contributed by atoms with Crippen LogP contribution < -0.4 is 0 Å². The van der Waals surface area contributed by atoms with Crippen LogP contribution in [0.1, 0.15) is 52.0 Å². The molecule has 1 aliphatic rings. The predicted octanol–water partition coefficient (Wildman–Crippen LogP) is 3.32. The van der Waals surface area contributed by atoms with Crippen molar-refractivity contribution in [3.05, 3.63) is 35.9 Å². The maximum Gasteiger partial charge on any atom is 0.315 e. The van der Waals surface area contributed by atoms with E-state index in [1.54, 1.807) is 20.8 Å². The molecule has 0 radical (unpaired) electrons. The van der Waals surface area contributed by atoms with Gasteiger partial charge in [-0.3, -0.25) is 4.79 Å². The molecule has 2 rings (SSSR count). The first-order chi connectivity index (χ1) is 11.9. The molecular weight excluding hydrogens is 316 g/mol. The molecule has 25 heavy (non-hydrogen) atoms. The van der Waals surface area contributed by atoms with Gasteiger partial charge in [0.15, 0.2) is 0 Å². The fourth-order valence-corrected chi connectivity index (χ4v) is 2.89. The third-order valence-corrected chi connectivity index (χ3v) is 4.56. The zero-order chi connectivity index (χ0) is 18.3. The molecule has 3 atom stereocenters. The average Bonchev–Trinajstić information content (AvgIpc) is 2.61. The molecule has 4 nitrogen and oxygen atoms in total. The molecule has 0 bridgehead atoms. The zero-order valence-electron chi connectivity index (χ0n) is 15.3. The number of rotatable bonds is 5. The van der Waals surface area contributed by atoms with Crippen LogP contribution in [-0.2, 0) is 14.3 Å². The minimum Gasteiger partial charge on any atom is -0.465 e. The van der Waals surface area contributed by atoms with Gasteiger partial charge in [0, 0.05) is 5.56 Å². The summed E-state index contributed by atoms with van der Waals surface area (Å²) in [5, 5.41) is 10.2. The fourth-order valence-electron chi connectivity index (χ4n) is 2.89. The molecular formula is C21H28O4. The molecule has 1 aromatic rings. The number of esters is 1. The lowest BCUT2D eigenvalue weighted by atomic mass is 9.85. The predicted molar refractivity (Wildman–Crippen MR) is 96.9 cm³/mol. The van der Waals surface area contributed by atoms with E-state index in [9.17, 15) is 9.90 Å². The highest BCUT2D eigenvalue weighted by Crippen LogP contribution is 2.30. The summed E-state index contributed by atoms with van der Waals surface area (Å²) in [5.41, 5.74) is -0.0606. The Balaban J connectivity index is 2.24. The highest BCUT2D eigenvalue weighted by molar-refractivity contribution is 5.77. The van der Waals surface area contributed by atoms with E-state index < -0.39 is 17.6 Å². The molecule has 0 unspecified atom stereocenters. The van der Waals surface area contributed by atoms with Gasteiger partial charge in [-0.2, -0.15) is 0 Å². The van der Waals surface area contributed by atoms with Gasteiger partial charge in [0.25, 0.3) is 0 Å². The molecule has 1 N–H and O–H groups in total. The van der Waals surface area contributed by atoms with Gasteiger partial charge >= 0.3 is 5.97 Å². The maximum absolute atomic E-state index is 12.4. The maximum atomic E-state index is 12.4. The molecule has 136 valence electrons. The molecule has 0 amide bonds. The minimum absolute atomic E-state index is 0.294. The van der Waals surface area contributed by atoms with Crippen molar-refractivity contribution in [2.24, 2.45) is 5.41 Å². The second-order valence-corrected chi connectivity index (χ2v) is 6.98. The SMILES string of the molecule is CCOC(=O)C(C)(C)[C@@H](C#Cc1ccccc1)O[C@@H]1CCCC[C@@H]1O. The van der Waals surface area contributed by atoms with Crippen molar-refractivity contribution >= 4 is 5.97 Å². The van der Waals surface area contributed by atoms with Crippen LogP contribution >= 0.6 is 0 Å². The summed E-state index contributed by atoms with van der Waals surface area (Å²) in [5.74, 6) is 5.85. The van der Waals surface area contributed by atoms with Gasteiger partial charge in [-0.05, 0) is 45.7 Å². The van der Waals surface area contributed by atoms with Gasteiger partial charge in [-0.15, -0.1) is 0 Å². The summed E-state index contributed by atoms with van der Waals surface area (Å²) in [7, 11) is 0. The molecule has 0 aliphatic heterocycles. The van der Waals surface area contributed by atoms with Gasteiger partial charge in [0.2, 0.25) is 0 Å². The lowest BCUT2D eigenvalue weighted by Gasteiger charge is -2.35. The van der Waals surface area contributed by atoms with E-state index in [-0.39, 0.29) is 12.1 Å². The number of hydrogen-bond donors (Lipinski definition) is 1. The number of aliphatic hydroxyl groups excluding tert-OH is 1. The van der Waals surface area contributed by atoms with Crippen LogP contribution in [0.25, 0.3) is 0 Å². The third kappa shape index (κ3) is 5.32. The number of carbonyl (C=O) groups is 1. The number of hydrogen-bond acceptors (Lipinski definition) is 4. The first-order valence-electron chi connectivity index (χ1n) is 9.02. The summed E-state index contributed by atoms with van der Waals surface area (Å²) >= 11 is 0. The van der Waals surface area contributed by atoms with Crippen LogP contribution in [-0.4, -0.2) is 36.0 Å². The highest BCUT2D eigenvalue weighted by Gasteiger charge is 2.41. The van der Waals surface area contributed by atoms with Gasteiger partial charge in [0.1, 0.15) is 6.10 Å². The van der Waals surface area contributed by atoms with Crippen LogP contribution in [0.3, 0.4) is 0 Å². The topological polar surface area (TPSA) is 55.8 Å². The zero-order valence-corrected chi connectivity index (χ0v) is 15.3. The smallest absolute Gasteiger partial charge is 0.315 e. The molecule has 0 spiro atoms. The van der Waals surface area contributed by atoms with Gasteiger partial charge < -0.3 is 14.6 Å². The number of benzene rings is 1. The second-order valence-electron chi connectivity index (χ2n) is 6.98. The van der Waals surface area contributed by atoms with E-state index in [1.807, 2.05) is 30.3 Å². The third-order valence-electron chi connectivity index (χ3n) is 4.56. The summed E-state index contributed by atoms with van der Waals surface area (Å²) in [4.78, 5) is 12.4. The molecule has 0 aromatic heterocycles. The second kappa shape index (κ2) is 9.03. The van der Waals surface area contributed by atoms with Crippen LogP contribution in [0.15, 0.2) is 30.3 Å². The monoisotopic (exact) mass is 344 g/mol. The highest BCUT2D eigenvalue weighted by atomic mass is 16.5. The van der Waals surface area contributed by atoms with Gasteiger partial charge in [-0.1, -0.05) is 42.9 Å². The molecule has 1 fully saturated rings. The number of aliphatic hydroxyl groups is 1. The van der Waals surface area contributed by atoms with Crippen molar-refractivity contribution in [2.75, 3.05) is 6.61 Å². The average molecular weight is 344 g/mol. The Labute approximate surface area is 150 Å². The van der Waals surface area contributed by atoms with Crippen molar-refractivity contribution < 1.29 is 19.4 Å². The van der Waals surface area contributed by atoms with E-state index >= 15 is 0 Å². The Kier molecular flexibility index (Phi) is 7.04. The standard InChI is InChI=1S/C21H28O4/c1-4-24-20(23)21(2,3)19(15-14-16-10-6-5-7-11-16)25-18-13-9-8-12-17(18)22/h5-7,10-11,17-19,22H,4,8-9,12-13H2,1-3H3/t17-,18+,19+/m0/s1. The van der Waals surface area contributed by atoms with Crippen LogP contribution in [0.2, 0.25) is 0 Å². The molecule has 1 aliphatic carbocycles. The van der Waals surface area contributed by atoms with Crippen LogP contribution in [0.4, 0.5) is 0 Å². The van der Waals surface area contributed by atoms with Gasteiger partial charge in [-0.25, -0.2) is 0 Å². The first kappa shape index (κ1) is 19.5. The van der Waals surface area contributed by atoms with Crippen LogP contribution in [0, 0.1) is 17.3 Å². The van der Waals surface area contributed by atoms with E-state index in [2.05, 4.69) is 11.8 Å². The van der Waals surface area contributed by atoms with E-state index in [4.69, 9.17) is 9.47 Å². The fraction of sp³-hybridized carbons (Fsp3) is 0.571. The summed E-state index contributed by atoms with van der Waals surface area (Å²) in [6.07, 6.45) is 2.07. The lowest BCUT2D eigenvalue weighted by Crippen LogP contribution is -2.44. The largest absolute Gasteiger partial charge is 0.465 e. The van der Waals surface area contributed by atoms with Crippen molar-refractivity contribution in [1.82, 2.24) is 0 Å². The summed E-state index contributed by atoms with van der Waals surface area (Å²) in [6.45, 7) is 5.66. The quantitative estimate of drug-likeness (QED) is 0.658. The molecule has 0 saturated heterocycles. The Morgan fingerprint density at radius 2 is 1.96 bits per heavy atom. The van der Waals surface area contributed by atoms with Crippen molar-refractivity contribution in [3.63, 3.8) is 0 Å². The van der Waals surface area contributed by atoms with Crippen molar-refractivity contribution in [2.45, 2.75) is 64.8 Å². The Hall–Kier alpha value is -1.83. The first-order valence-corrected chi connectivity index (χ1v) is 9.02. The molecule has 0 heterocycles. The molecule has 1 saturated carbocycles. The Morgan fingerprint density at radius 1 is 1.28 bits per heavy atom. The van der Waals surface area contributed by atoms with Crippen molar-refractivity contribution in [1.29, 1.82) is 0 Å². The Morgan fingerprint density at radius 3 is 2.60 bits per heavy atom. The molecule has 1 aromatic carbocycles. The normalized spacial score (nSPS) is 21.8. The lowest BCUT2D eigenvalue weighted by molar-refractivity contribution is -0.167. The number of carbonyl (C=O) groups excluding carboxylic acids is 1. The van der Waals surface area contributed by atoms with E-state index in [0.717, 1.165) is 31.2 Å². The minimum atomic E-state index is -0.922. The van der Waals surface area contributed by atoms with E-state index in [0.29, 0.717) is 6.61 Å². The number of ether oxygens (including phenoxy) is 2.